The first-order valence-corrected chi connectivity index (χ1v) is 18.4. The Kier molecular flexibility index (Phi) is 13.3. The van der Waals surface area contributed by atoms with Gasteiger partial charge in [0, 0.05) is 45.4 Å². The molecule has 0 aliphatic carbocycles. The zero-order chi connectivity index (χ0) is 37.3. The first-order chi connectivity index (χ1) is 24.1. The van der Waals surface area contributed by atoms with Gasteiger partial charge in [-0.1, -0.05) is 69.1 Å². The maximum Gasteiger partial charge on any atom is 0.303 e. The molecule has 0 spiro atoms. The molecule has 268 valence electrons. The molecular weight excluding hydrogens is 771 g/mol. The van der Waals surface area contributed by atoms with E-state index in [4.69, 9.17) is 27.0 Å². The van der Waals surface area contributed by atoms with Gasteiger partial charge >= 0.3 is 11.9 Å². The molecule has 17 heteroatoms. The zero-order valence-electron chi connectivity index (χ0n) is 26.7. The van der Waals surface area contributed by atoms with E-state index < -0.39 is 80.5 Å². The van der Waals surface area contributed by atoms with Crippen LogP contribution in [0.15, 0.2) is 87.9 Å². The number of rotatable bonds is 17. The fraction of sp³-hybridized carbons (Fsp3) is 0.235. The Balaban J connectivity index is 1.65. The molecule has 1 aromatic heterocycles. The number of nitrogens with zero attached hydrogens (tertiary/aromatic N) is 1. The van der Waals surface area contributed by atoms with Gasteiger partial charge in [-0.25, -0.2) is 0 Å². The molecule has 0 bridgehead atoms. The van der Waals surface area contributed by atoms with Gasteiger partial charge in [-0.05, 0) is 60.4 Å². The predicted octanol–water partition coefficient (Wildman–Crippen LogP) is 4.29. The van der Waals surface area contributed by atoms with E-state index in [1.54, 1.807) is 36.4 Å². The summed E-state index contributed by atoms with van der Waals surface area (Å²) in [5.74, 6) is -7.24. The van der Waals surface area contributed by atoms with Gasteiger partial charge in [0.1, 0.15) is 29.5 Å². The number of carbonyl (C=O) groups is 5. The minimum absolute atomic E-state index is 0.0303. The molecule has 4 rings (SSSR count). The molecule has 7 N–H and O–H groups in total. The van der Waals surface area contributed by atoms with Crippen molar-refractivity contribution in [1.29, 1.82) is 0 Å². The van der Waals surface area contributed by atoms with Crippen LogP contribution in [0.2, 0.25) is 5.02 Å². The monoisotopic (exact) mass is 802 g/mol. The third kappa shape index (κ3) is 11.1. The first-order valence-electron chi connectivity index (χ1n) is 15.4. The maximum absolute atomic E-state index is 13.9. The molecule has 0 saturated heterocycles. The molecule has 0 radical (unpaired) electrons. The van der Waals surface area contributed by atoms with Crippen molar-refractivity contribution in [3.05, 3.63) is 94.1 Å². The number of aliphatic carboxylic acids is 2. The van der Waals surface area contributed by atoms with E-state index in [0.29, 0.717) is 20.8 Å². The van der Waals surface area contributed by atoms with Crippen LogP contribution in [0.4, 0.5) is 0 Å². The molecule has 1 heterocycles. The van der Waals surface area contributed by atoms with Gasteiger partial charge in [0.05, 0.1) is 0 Å². The Bertz CT molecular complexity index is 1950. The molecule has 14 nitrogen and oxygen atoms in total. The minimum atomic E-state index is -4.29. The van der Waals surface area contributed by atoms with E-state index in [9.17, 15) is 38.5 Å². The predicted molar refractivity (Wildman–Crippen MR) is 190 cm³/mol. The van der Waals surface area contributed by atoms with Gasteiger partial charge in [0.15, 0.2) is 0 Å². The van der Waals surface area contributed by atoms with Crippen LogP contribution in [-0.4, -0.2) is 68.2 Å². The lowest BCUT2D eigenvalue weighted by Gasteiger charge is -2.24. The zero-order valence-corrected chi connectivity index (χ0v) is 29.9. The van der Waals surface area contributed by atoms with E-state index in [-0.39, 0.29) is 17.5 Å². The topological polar surface area (TPSA) is 239 Å². The van der Waals surface area contributed by atoms with E-state index in [1.807, 2.05) is 24.3 Å². The number of nitrogens with two attached hydrogens (primary N) is 1. The molecule has 1 unspecified atom stereocenters. The van der Waals surface area contributed by atoms with Gasteiger partial charge in [-0.3, -0.25) is 28.5 Å². The van der Waals surface area contributed by atoms with Gasteiger partial charge in [0.25, 0.3) is 0 Å². The summed E-state index contributed by atoms with van der Waals surface area (Å²) in [5.41, 5.74) is 7.96. The molecule has 0 fully saturated rings. The highest BCUT2D eigenvalue weighted by Crippen LogP contribution is 2.44. The summed E-state index contributed by atoms with van der Waals surface area (Å²) in [4.78, 5) is 72.7. The number of amides is 3. The molecule has 4 atom stereocenters. The summed E-state index contributed by atoms with van der Waals surface area (Å²) in [6, 6.07) is 18.8. The molecule has 0 aliphatic rings. The van der Waals surface area contributed by atoms with E-state index in [2.05, 4.69) is 31.7 Å². The van der Waals surface area contributed by atoms with Gasteiger partial charge in [-0.15, -0.1) is 0 Å². The second-order valence-corrected chi connectivity index (χ2v) is 15.1. The second kappa shape index (κ2) is 17.4. The number of carbonyl (C=O) groups excluding carboxylic acids is 3. The van der Waals surface area contributed by atoms with Crippen molar-refractivity contribution in [3.8, 4) is 22.4 Å². The van der Waals surface area contributed by atoms with Crippen molar-refractivity contribution < 1.29 is 48.2 Å². The number of primary amides is 1. The van der Waals surface area contributed by atoms with Gasteiger partial charge in [0.2, 0.25) is 25.1 Å². The number of nitrogens with one attached hydrogen (secondary N) is 2. The quantitative estimate of drug-likeness (QED) is 0.0824. The molecular formula is C34H33BrClN4O10P. The molecule has 51 heavy (non-hydrogen) atoms. The fourth-order valence-corrected chi connectivity index (χ4v) is 7.18. The summed E-state index contributed by atoms with van der Waals surface area (Å²) < 4.78 is 19.9. The maximum atomic E-state index is 13.9. The number of carboxylic acids is 2. The van der Waals surface area contributed by atoms with E-state index in [0.717, 1.165) is 11.1 Å². The average molecular weight is 804 g/mol. The highest BCUT2D eigenvalue weighted by Gasteiger charge is 2.37. The largest absolute Gasteiger partial charge is 0.481 e. The molecule has 0 aliphatic heterocycles. The van der Waals surface area contributed by atoms with Crippen LogP contribution < -0.4 is 21.7 Å². The van der Waals surface area contributed by atoms with Gasteiger partial charge < -0.3 is 36.0 Å². The van der Waals surface area contributed by atoms with Crippen molar-refractivity contribution in [2.75, 3.05) is 6.16 Å². The minimum Gasteiger partial charge on any atom is -0.481 e. The number of carboxylic acid groups (broad SMARTS) is 2. The third-order valence-electron chi connectivity index (χ3n) is 7.77. The van der Waals surface area contributed by atoms with Crippen LogP contribution in [0, 0.1) is 0 Å². The normalized spacial score (nSPS) is 14.0. The van der Waals surface area contributed by atoms with Crippen LogP contribution in [-0.2, 0) is 28.5 Å². The van der Waals surface area contributed by atoms with Crippen molar-refractivity contribution in [1.82, 2.24) is 15.8 Å². The Morgan fingerprint density at radius 3 is 2.00 bits per heavy atom. The number of benzene rings is 3. The van der Waals surface area contributed by atoms with Crippen molar-refractivity contribution in [3.63, 3.8) is 0 Å². The Morgan fingerprint density at radius 1 is 0.824 bits per heavy atom. The number of halogens is 2. The smallest absolute Gasteiger partial charge is 0.303 e. The first kappa shape index (κ1) is 39.0. The molecule has 3 aromatic carbocycles. The lowest BCUT2D eigenvalue weighted by atomic mass is 10.0. The van der Waals surface area contributed by atoms with Crippen LogP contribution >= 0.6 is 34.9 Å². The summed E-state index contributed by atoms with van der Waals surface area (Å²) in [6.45, 7) is 0. The summed E-state index contributed by atoms with van der Waals surface area (Å²) >= 11 is 9.40. The van der Waals surface area contributed by atoms with Crippen LogP contribution in [0.3, 0.4) is 0 Å². The summed E-state index contributed by atoms with van der Waals surface area (Å²) in [5, 5.41) is 27.7. The molecule has 0 saturated carbocycles. The lowest BCUT2D eigenvalue weighted by Crippen LogP contribution is -2.54. The van der Waals surface area contributed by atoms with Crippen LogP contribution in [0.25, 0.3) is 22.4 Å². The van der Waals surface area contributed by atoms with Crippen molar-refractivity contribution in [2.45, 2.75) is 43.7 Å². The highest BCUT2D eigenvalue weighted by molar-refractivity contribution is 9.10. The van der Waals surface area contributed by atoms with Gasteiger partial charge in [-0.2, -0.15) is 0 Å². The third-order valence-corrected chi connectivity index (χ3v) is 10.5. The molecule has 4 aromatic rings. The number of aromatic nitrogens is 1. The van der Waals surface area contributed by atoms with Crippen molar-refractivity contribution >= 4 is 69.9 Å². The molecule has 3 amide bonds. The second-order valence-electron chi connectivity index (χ2n) is 11.5. The van der Waals surface area contributed by atoms with Crippen molar-refractivity contribution in [2.24, 2.45) is 5.73 Å². The number of hydrogen-bond acceptors (Lipinski definition) is 8. The van der Waals surface area contributed by atoms with E-state index >= 15 is 0 Å². The lowest BCUT2D eigenvalue weighted by molar-refractivity contribution is -0.139. The Labute approximate surface area is 304 Å². The standard InChI is InChI=1S/C34H33BrClN4O10P/c35-22-8-10-24(11-9-22)51(48,49)18-25(29-17-28(40-50-29)20-6-4-19(5-7-20)21-2-1-3-23(36)16-21)33(46)39-27(13-15-31(43)44)34(47)38-26(32(37)45)12-14-30(41)42/h1-11,16-17,25-27H,12-15,18H2,(H2,37,45)(H,38,47)(H,39,46)(H,41,42)(H,43,44)(H,48,49)/t25-,26+,27+/m1/s1. The van der Waals surface area contributed by atoms with Crippen LogP contribution in [0.5, 0.6) is 0 Å². The number of hydrogen-bond donors (Lipinski definition) is 6. The fourth-order valence-electron chi connectivity index (χ4n) is 5.05. The summed E-state index contributed by atoms with van der Waals surface area (Å²) in [7, 11) is -4.29. The Morgan fingerprint density at radius 2 is 1.41 bits per heavy atom. The van der Waals surface area contributed by atoms with E-state index in [1.165, 1.54) is 18.2 Å². The SMILES string of the molecule is NC(=O)[C@H](CCC(=O)O)NC(=O)[C@H](CCC(=O)O)NC(=O)[C@H](CP(=O)(O)c1ccc(Br)cc1)c1cc(-c2ccc(-c3cccc(Cl)c3)cc2)no1. The average Bonchev–Trinajstić information content (AvgIpc) is 3.57. The Hall–Kier alpha value is -4.82. The van der Waals surface area contributed by atoms with Crippen LogP contribution in [0.1, 0.15) is 37.4 Å². The highest BCUT2D eigenvalue weighted by atomic mass is 79.9. The summed E-state index contributed by atoms with van der Waals surface area (Å²) in [6.07, 6.45) is -2.61.